The second-order valence-electron chi connectivity index (χ2n) is 7.24. The molecular formula is C17H32N2O2. The monoisotopic (exact) mass is 296 g/mol. The highest BCUT2D eigenvalue weighted by Gasteiger charge is 2.36. The average Bonchev–Trinajstić information content (AvgIpc) is 3.24. The molecule has 0 saturated heterocycles. The number of carbonyl (C=O) groups excluding carboxylic acids is 1. The molecule has 3 atom stereocenters. The van der Waals surface area contributed by atoms with E-state index < -0.39 is 5.54 Å². The number of rotatable bonds is 9. The summed E-state index contributed by atoms with van der Waals surface area (Å²) in [6.45, 7) is 5.05. The molecule has 21 heavy (non-hydrogen) atoms. The summed E-state index contributed by atoms with van der Waals surface area (Å²) in [7, 11) is 0. The maximum atomic E-state index is 11.7. The standard InChI is InChI=1S/C17H32N2O2/c1-13-7-3-4-8-15(13)21-12-6-5-11-17(2,16(18)20)19-14-9-10-14/h13-15,19H,3-12H2,1-2H3,(H2,18,20). The Labute approximate surface area is 129 Å². The van der Waals surface area contributed by atoms with Gasteiger partial charge in [-0.25, -0.2) is 0 Å². The third-order valence-corrected chi connectivity index (χ3v) is 5.08. The van der Waals surface area contributed by atoms with Crippen molar-refractivity contribution < 1.29 is 9.53 Å². The number of primary amides is 1. The summed E-state index contributed by atoms with van der Waals surface area (Å²) in [5, 5.41) is 3.40. The molecule has 0 aliphatic heterocycles. The Balaban J connectivity index is 1.62. The predicted molar refractivity (Wildman–Crippen MR) is 85.0 cm³/mol. The van der Waals surface area contributed by atoms with Gasteiger partial charge in [-0.2, -0.15) is 0 Å². The summed E-state index contributed by atoms with van der Waals surface area (Å²) in [5.41, 5.74) is 5.02. The van der Waals surface area contributed by atoms with Crippen LogP contribution >= 0.6 is 0 Å². The van der Waals surface area contributed by atoms with E-state index in [1.54, 1.807) is 0 Å². The van der Waals surface area contributed by atoms with E-state index in [2.05, 4.69) is 12.2 Å². The van der Waals surface area contributed by atoms with Gasteiger partial charge in [-0.15, -0.1) is 0 Å². The molecule has 3 unspecified atom stereocenters. The Bertz CT molecular complexity index is 344. The van der Waals surface area contributed by atoms with Crippen LogP contribution in [0.25, 0.3) is 0 Å². The van der Waals surface area contributed by atoms with E-state index >= 15 is 0 Å². The van der Waals surface area contributed by atoms with Crippen LogP contribution in [-0.2, 0) is 9.53 Å². The van der Waals surface area contributed by atoms with Gasteiger partial charge in [-0.05, 0) is 57.8 Å². The third kappa shape index (κ3) is 5.26. The van der Waals surface area contributed by atoms with Gasteiger partial charge in [0.05, 0.1) is 11.6 Å². The van der Waals surface area contributed by atoms with E-state index in [1.807, 2.05) is 6.92 Å². The van der Waals surface area contributed by atoms with Gasteiger partial charge in [-0.1, -0.05) is 19.8 Å². The number of carbonyl (C=O) groups is 1. The van der Waals surface area contributed by atoms with E-state index in [0.717, 1.165) is 25.9 Å². The summed E-state index contributed by atoms with van der Waals surface area (Å²) >= 11 is 0. The van der Waals surface area contributed by atoms with Crippen molar-refractivity contribution in [3.63, 3.8) is 0 Å². The van der Waals surface area contributed by atoms with Crippen molar-refractivity contribution in [1.82, 2.24) is 5.32 Å². The van der Waals surface area contributed by atoms with Crippen LogP contribution in [0.1, 0.15) is 71.6 Å². The summed E-state index contributed by atoms with van der Waals surface area (Å²) < 4.78 is 6.03. The van der Waals surface area contributed by atoms with Crippen molar-refractivity contribution in [2.45, 2.75) is 89.3 Å². The second kappa shape index (κ2) is 7.59. The van der Waals surface area contributed by atoms with Crippen molar-refractivity contribution in [2.24, 2.45) is 11.7 Å². The number of hydrogen-bond acceptors (Lipinski definition) is 3. The molecule has 0 bridgehead atoms. The summed E-state index contributed by atoms with van der Waals surface area (Å²) in [5.74, 6) is 0.474. The van der Waals surface area contributed by atoms with E-state index in [1.165, 1.54) is 38.5 Å². The van der Waals surface area contributed by atoms with Crippen molar-refractivity contribution in [3.8, 4) is 0 Å². The minimum absolute atomic E-state index is 0.226. The molecule has 0 aromatic carbocycles. The molecule has 2 rings (SSSR count). The molecule has 2 aliphatic rings. The molecule has 2 saturated carbocycles. The first-order valence-corrected chi connectivity index (χ1v) is 8.70. The molecule has 0 heterocycles. The molecule has 4 heteroatoms. The maximum Gasteiger partial charge on any atom is 0.237 e. The highest BCUT2D eigenvalue weighted by atomic mass is 16.5. The number of unbranched alkanes of at least 4 members (excludes halogenated alkanes) is 1. The average molecular weight is 296 g/mol. The molecule has 0 aromatic rings. The van der Waals surface area contributed by atoms with E-state index in [4.69, 9.17) is 10.5 Å². The van der Waals surface area contributed by atoms with Crippen LogP contribution in [-0.4, -0.2) is 30.2 Å². The lowest BCUT2D eigenvalue weighted by atomic mass is 9.88. The number of ether oxygens (including phenoxy) is 1. The molecule has 4 nitrogen and oxygen atoms in total. The van der Waals surface area contributed by atoms with Gasteiger partial charge < -0.3 is 15.8 Å². The zero-order valence-electron chi connectivity index (χ0n) is 13.7. The fraction of sp³-hybridized carbons (Fsp3) is 0.941. The zero-order valence-corrected chi connectivity index (χ0v) is 13.7. The lowest BCUT2D eigenvalue weighted by Gasteiger charge is -2.29. The first-order valence-electron chi connectivity index (χ1n) is 8.70. The van der Waals surface area contributed by atoms with E-state index in [0.29, 0.717) is 18.1 Å². The first-order chi connectivity index (χ1) is 10.0. The van der Waals surface area contributed by atoms with Gasteiger partial charge in [0.1, 0.15) is 0 Å². The Morgan fingerprint density at radius 1 is 1.24 bits per heavy atom. The first kappa shape index (κ1) is 16.8. The number of nitrogens with one attached hydrogen (secondary N) is 1. The van der Waals surface area contributed by atoms with Gasteiger partial charge in [-0.3, -0.25) is 4.79 Å². The predicted octanol–water partition coefficient (Wildman–Crippen LogP) is 2.75. The van der Waals surface area contributed by atoms with Crippen LogP contribution in [0, 0.1) is 5.92 Å². The lowest BCUT2D eigenvalue weighted by molar-refractivity contribution is -0.124. The molecule has 0 spiro atoms. The van der Waals surface area contributed by atoms with E-state index in [9.17, 15) is 4.79 Å². The fourth-order valence-corrected chi connectivity index (χ4v) is 3.29. The van der Waals surface area contributed by atoms with Gasteiger partial charge >= 0.3 is 0 Å². The highest BCUT2D eigenvalue weighted by molar-refractivity contribution is 5.84. The summed E-state index contributed by atoms with van der Waals surface area (Å²) in [4.78, 5) is 11.7. The lowest BCUT2D eigenvalue weighted by Crippen LogP contribution is -2.53. The molecule has 1 amide bonds. The molecule has 2 fully saturated rings. The number of amides is 1. The van der Waals surface area contributed by atoms with Gasteiger partial charge in [0.2, 0.25) is 5.91 Å². The normalized spacial score (nSPS) is 29.0. The van der Waals surface area contributed by atoms with Gasteiger partial charge in [0, 0.05) is 12.6 Å². The summed E-state index contributed by atoms with van der Waals surface area (Å²) in [6.07, 6.45) is 10.8. The van der Waals surface area contributed by atoms with Crippen molar-refractivity contribution >= 4 is 5.91 Å². The Kier molecular flexibility index (Phi) is 6.06. The van der Waals surface area contributed by atoms with Crippen LogP contribution in [0.4, 0.5) is 0 Å². The molecule has 0 radical (unpaired) electrons. The highest BCUT2D eigenvalue weighted by Crippen LogP contribution is 2.27. The minimum atomic E-state index is -0.542. The number of hydrogen-bond donors (Lipinski definition) is 2. The zero-order chi connectivity index (χ0) is 15.3. The molecule has 3 N–H and O–H groups in total. The van der Waals surface area contributed by atoms with Crippen molar-refractivity contribution in [1.29, 1.82) is 0 Å². The molecular weight excluding hydrogens is 264 g/mol. The Hall–Kier alpha value is -0.610. The van der Waals surface area contributed by atoms with Crippen LogP contribution < -0.4 is 11.1 Å². The van der Waals surface area contributed by atoms with Crippen molar-refractivity contribution in [3.05, 3.63) is 0 Å². The van der Waals surface area contributed by atoms with Gasteiger partial charge in [0.15, 0.2) is 0 Å². The molecule has 122 valence electrons. The smallest absolute Gasteiger partial charge is 0.237 e. The maximum absolute atomic E-state index is 11.7. The van der Waals surface area contributed by atoms with Crippen molar-refractivity contribution in [2.75, 3.05) is 6.61 Å². The third-order valence-electron chi connectivity index (χ3n) is 5.08. The van der Waals surface area contributed by atoms with E-state index in [-0.39, 0.29) is 5.91 Å². The number of nitrogens with two attached hydrogens (primary N) is 1. The molecule has 0 aromatic heterocycles. The Morgan fingerprint density at radius 2 is 1.95 bits per heavy atom. The topological polar surface area (TPSA) is 64.3 Å². The van der Waals surface area contributed by atoms with Crippen LogP contribution in [0.15, 0.2) is 0 Å². The molecule has 2 aliphatic carbocycles. The fourth-order valence-electron chi connectivity index (χ4n) is 3.29. The second-order valence-corrected chi connectivity index (χ2v) is 7.24. The Morgan fingerprint density at radius 3 is 2.57 bits per heavy atom. The van der Waals surface area contributed by atoms with Crippen LogP contribution in [0.3, 0.4) is 0 Å². The minimum Gasteiger partial charge on any atom is -0.378 e. The van der Waals surface area contributed by atoms with Gasteiger partial charge in [0.25, 0.3) is 0 Å². The van der Waals surface area contributed by atoms with Crippen LogP contribution in [0.5, 0.6) is 0 Å². The summed E-state index contributed by atoms with van der Waals surface area (Å²) in [6, 6.07) is 0.502. The quantitative estimate of drug-likeness (QED) is 0.643. The largest absolute Gasteiger partial charge is 0.378 e. The SMILES string of the molecule is CC1CCCCC1OCCCCC(C)(NC1CC1)C(N)=O. The van der Waals surface area contributed by atoms with Crippen LogP contribution in [0.2, 0.25) is 0 Å².